The zero-order valence-corrected chi connectivity index (χ0v) is 9.56. The number of nitrogens with two attached hydrogens (primary N) is 1. The number of hydrogen-bond acceptors (Lipinski definition) is 3. The van der Waals surface area contributed by atoms with E-state index in [0.29, 0.717) is 12.5 Å². The maximum Gasteiger partial charge on any atom is 0.303 e. The summed E-state index contributed by atoms with van der Waals surface area (Å²) in [6, 6.07) is 0.295. The fourth-order valence-corrected chi connectivity index (χ4v) is 1.80. The zero-order chi connectivity index (χ0) is 11.8. The Balaban J connectivity index is 2.25. The summed E-state index contributed by atoms with van der Waals surface area (Å²) in [4.78, 5) is 14.7. The minimum atomic E-state index is -0.749. The SMILES string of the molecule is NC1=N[C@@H](C/C=C\CCC(=O)O)CCCC1. The second-order valence-electron chi connectivity index (χ2n) is 4.16. The van der Waals surface area contributed by atoms with Crippen molar-refractivity contribution in [1.82, 2.24) is 0 Å². The van der Waals surface area contributed by atoms with E-state index in [2.05, 4.69) is 4.99 Å². The Morgan fingerprint density at radius 2 is 2.31 bits per heavy atom. The topological polar surface area (TPSA) is 75.7 Å². The second-order valence-corrected chi connectivity index (χ2v) is 4.16. The van der Waals surface area contributed by atoms with Gasteiger partial charge in [0.1, 0.15) is 0 Å². The Labute approximate surface area is 96.2 Å². The van der Waals surface area contributed by atoms with Gasteiger partial charge in [-0.05, 0) is 25.7 Å². The molecule has 0 aromatic rings. The molecule has 0 radical (unpaired) electrons. The average molecular weight is 224 g/mol. The third-order valence-corrected chi connectivity index (χ3v) is 2.67. The van der Waals surface area contributed by atoms with Crippen LogP contribution in [0.15, 0.2) is 17.1 Å². The van der Waals surface area contributed by atoms with Gasteiger partial charge in [-0.1, -0.05) is 18.6 Å². The van der Waals surface area contributed by atoms with E-state index in [9.17, 15) is 4.79 Å². The molecule has 4 nitrogen and oxygen atoms in total. The lowest BCUT2D eigenvalue weighted by molar-refractivity contribution is -0.136. The van der Waals surface area contributed by atoms with Crippen molar-refractivity contribution in [1.29, 1.82) is 0 Å². The van der Waals surface area contributed by atoms with E-state index in [-0.39, 0.29) is 6.42 Å². The number of carboxylic acid groups (broad SMARTS) is 1. The van der Waals surface area contributed by atoms with Gasteiger partial charge in [-0.15, -0.1) is 0 Å². The summed E-state index contributed by atoms with van der Waals surface area (Å²) in [6.45, 7) is 0. The summed E-state index contributed by atoms with van der Waals surface area (Å²) in [7, 11) is 0. The summed E-state index contributed by atoms with van der Waals surface area (Å²) >= 11 is 0. The van der Waals surface area contributed by atoms with Gasteiger partial charge in [0.2, 0.25) is 0 Å². The fourth-order valence-electron chi connectivity index (χ4n) is 1.80. The largest absolute Gasteiger partial charge is 0.481 e. The highest BCUT2D eigenvalue weighted by Crippen LogP contribution is 2.15. The van der Waals surface area contributed by atoms with Crippen LogP contribution in [0.25, 0.3) is 0 Å². The molecule has 1 rings (SSSR count). The first kappa shape index (κ1) is 12.7. The number of hydrogen-bond donors (Lipinski definition) is 2. The predicted molar refractivity (Wildman–Crippen MR) is 64.5 cm³/mol. The van der Waals surface area contributed by atoms with Gasteiger partial charge < -0.3 is 10.8 Å². The number of amidine groups is 1. The van der Waals surface area contributed by atoms with Crippen LogP contribution in [0.2, 0.25) is 0 Å². The van der Waals surface area contributed by atoms with E-state index >= 15 is 0 Å². The predicted octanol–water partition coefficient (Wildman–Crippen LogP) is 2.10. The summed E-state index contributed by atoms with van der Waals surface area (Å²) < 4.78 is 0. The Morgan fingerprint density at radius 1 is 1.50 bits per heavy atom. The molecule has 0 aromatic carbocycles. The lowest BCUT2D eigenvalue weighted by atomic mass is 10.1. The molecule has 0 aliphatic carbocycles. The summed E-state index contributed by atoms with van der Waals surface area (Å²) in [5.41, 5.74) is 5.74. The van der Waals surface area contributed by atoms with Crippen LogP contribution >= 0.6 is 0 Å². The van der Waals surface area contributed by atoms with Gasteiger partial charge in [-0.3, -0.25) is 9.79 Å². The molecule has 90 valence electrons. The first-order chi connectivity index (χ1) is 7.68. The van der Waals surface area contributed by atoms with Gasteiger partial charge in [0.25, 0.3) is 0 Å². The molecule has 1 heterocycles. The highest BCUT2D eigenvalue weighted by Gasteiger charge is 2.09. The Kier molecular flexibility index (Phi) is 5.61. The number of carboxylic acids is 1. The molecule has 1 aliphatic heterocycles. The number of nitrogens with zero attached hydrogens (tertiary/aromatic N) is 1. The molecule has 0 bridgehead atoms. The van der Waals surface area contributed by atoms with Crippen LogP contribution in [0.4, 0.5) is 0 Å². The molecule has 0 fully saturated rings. The zero-order valence-electron chi connectivity index (χ0n) is 9.56. The number of rotatable bonds is 5. The van der Waals surface area contributed by atoms with Crippen molar-refractivity contribution < 1.29 is 9.90 Å². The van der Waals surface area contributed by atoms with Crippen LogP contribution < -0.4 is 5.73 Å². The third-order valence-electron chi connectivity index (χ3n) is 2.67. The third kappa shape index (κ3) is 5.53. The van der Waals surface area contributed by atoms with Crippen LogP contribution in [0.1, 0.15) is 44.9 Å². The van der Waals surface area contributed by atoms with Crippen molar-refractivity contribution in [2.45, 2.75) is 51.0 Å². The molecule has 1 aliphatic rings. The molecule has 0 saturated heterocycles. The lowest BCUT2D eigenvalue weighted by Gasteiger charge is -2.06. The maximum absolute atomic E-state index is 10.3. The molecule has 0 spiro atoms. The molecule has 0 amide bonds. The van der Waals surface area contributed by atoms with Crippen molar-refractivity contribution in [3.05, 3.63) is 12.2 Å². The quantitative estimate of drug-likeness (QED) is 0.702. The van der Waals surface area contributed by atoms with Gasteiger partial charge >= 0.3 is 5.97 Å². The van der Waals surface area contributed by atoms with E-state index in [1.165, 1.54) is 6.42 Å². The standard InChI is InChI=1S/C12H20N2O2/c13-11-8-5-4-7-10(14-11)6-2-1-3-9-12(15)16/h1-2,10H,3-9H2,(H2,13,14)(H,15,16)/b2-1-/t10-/m0/s1. The average Bonchev–Trinajstić information content (AvgIpc) is 2.42. The molecule has 3 N–H and O–H groups in total. The van der Waals surface area contributed by atoms with Gasteiger partial charge in [0, 0.05) is 12.8 Å². The second kappa shape index (κ2) is 7.04. The number of carbonyl (C=O) groups is 1. The van der Waals surface area contributed by atoms with Crippen LogP contribution in [0, 0.1) is 0 Å². The Hall–Kier alpha value is -1.32. The van der Waals surface area contributed by atoms with E-state index in [1.54, 1.807) is 0 Å². The first-order valence-corrected chi connectivity index (χ1v) is 5.87. The highest BCUT2D eigenvalue weighted by atomic mass is 16.4. The van der Waals surface area contributed by atoms with Crippen molar-refractivity contribution in [2.24, 2.45) is 10.7 Å². The summed E-state index contributed by atoms with van der Waals surface area (Å²) in [5.74, 6) is 0.0165. The first-order valence-electron chi connectivity index (χ1n) is 5.87. The molecule has 0 unspecified atom stereocenters. The van der Waals surface area contributed by atoms with Gasteiger partial charge in [-0.25, -0.2) is 0 Å². The van der Waals surface area contributed by atoms with Crippen molar-refractivity contribution >= 4 is 11.8 Å². The fraction of sp³-hybridized carbons (Fsp3) is 0.667. The van der Waals surface area contributed by atoms with Gasteiger partial charge in [0.05, 0.1) is 11.9 Å². The number of allylic oxidation sites excluding steroid dienone is 1. The van der Waals surface area contributed by atoms with E-state index in [4.69, 9.17) is 10.8 Å². The Bertz CT molecular complexity index is 285. The minimum Gasteiger partial charge on any atom is -0.481 e. The van der Waals surface area contributed by atoms with Crippen LogP contribution in [0.5, 0.6) is 0 Å². The van der Waals surface area contributed by atoms with Crippen molar-refractivity contribution in [2.75, 3.05) is 0 Å². The summed E-state index contributed by atoms with van der Waals surface area (Å²) in [5, 5.41) is 8.46. The molecular weight excluding hydrogens is 204 g/mol. The smallest absolute Gasteiger partial charge is 0.303 e. The van der Waals surface area contributed by atoms with Crippen LogP contribution in [0.3, 0.4) is 0 Å². The molecule has 16 heavy (non-hydrogen) atoms. The van der Waals surface area contributed by atoms with E-state index in [0.717, 1.165) is 31.5 Å². The van der Waals surface area contributed by atoms with Crippen molar-refractivity contribution in [3.63, 3.8) is 0 Å². The van der Waals surface area contributed by atoms with Crippen LogP contribution in [-0.2, 0) is 4.79 Å². The summed E-state index contributed by atoms with van der Waals surface area (Å²) in [6.07, 6.45) is 9.93. The Morgan fingerprint density at radius 3 is 3.06 bits per heavy atom. The minimum absolute atomic E-state index is 0.201. The highest BCUT2D eigenvalue weighted by molar-refractivity contribution is 5.80. The van der Waals surface area contributed by atoms with Crippen molar-refractivity contribution in [3.8, 4) is 0 Å². The lowest BCUT2D eigenvalue weighted by Crippen LogP contribution is -2.13. The van der Waals surface area contributed by atoms with E-state index in [1.807, 2.05) is 12.2 Å². The molecule has 0 aromatic heterocycles. The maximum atomic E-state index is 10.3. The molecular formula is C12H20N2O2. The molecule has 0 saturated carbocycles. The normalized spacial score (nSPS) is 21.8. The number of aliphatic carboxylic acids is 1. The van der Waals surface area contributed by atoms with Crippen LogP contribution in [-0.4, -0.2) is 23.0 Å². The number of aliphatic imine (C=N–C) groups is 1. The van der Waals surface area contributed by atoms with Gasteiger partial charge in [-0.2, -0.15) is 0 Å². The monoisotopic (exact) mass is 224 g/mol. The molecule has 1 atom stereocenters. The van der Waals surface area contributed by atoms with Gasteiger partial charge in [0.15, 0.2) is 0 Å². The van der Waals surface area contributed by atoms with E-state index < -0.39 is 5.97 Å². The molecule has 4 heteroatoms.